The summed E-state index contributed by atoms with van der Waals surface area (Å²) in [5.74, 6) is 2.05. The number of carbonyl (C=O) groups excluding carboxylic acids is 1. The summed E-state index contributed by atoms with van der Waals surface area (Å²) in [6.45, 7) is 2.00. The highest BCUT2D eigenvalue weighted by atomic mass is 32.2. The number of nitrogens with one attached hydrogen (secondary N) is 2. The first kappa shape index (κ1) is 16.5. The first-order valence-corrected chi connectivity index (χ1v) is 9.94. The van der Waals surface area contributed by atoms with Gasteiger partial charge < -0.3 is 5.32 Å². The summed E-state index contributed by atoms with van der Waals surface area (Å²) in [6.07, 6.45) is 6.25. The van der Waals surface area contributed by atoms with Gasteiger partial charge >= 0.3 is 0 Å². The van der Waals surface area contributed by atoms with E-state index in [-0.39, 0.29) is 11.9 Å². The summed E-state index contributed by atoms with van der Waals surface area (Å²) in [5, 5.41) is 12.9. The van der Waals surface area contributed by atoms with Crippen LogP contribution in [0.25, 0.3) is 0 Å². The Labute approximate surface area is 144 Å². The molecule has 1 fully saturated rings. The number of hydrogen-bond acceptors (Lipinski definition) is 5. The molecule has 0 radical (unpaired) electrons. The van der Waals surface area contributed by atoms with Crippen molar-refractivity contribution in [3.63, 3.8) is 0 Å². The molecule has 7 heteroatoms. The summed E-state index contributed by atoms with van der Waals surface area (Å²) in [4.78, 5) is 17.7. The molecule has 2 aromatic heterocycles. The zero-order valence-electron chi connectivity index (χ0n) is 13.2. The van der Waals surface area contributed by atoms with Crippen LogP contribution in [-0.4, -0.2) is 26.8 Å². The normalized spacial score (nSPS) is 16.6. The second kappa shape index (κ2) is 7.97. The van der Waals surface area contributed by atoms with Gasteiger partial charge in [0.1, 0.15) is 5.82 Å². The van der Waals surface area contributed by atoms with E-state index in [0.717, 1.165) is 18.2 Å². The number of carbonyl (C=O) groups is 1. The second-order valence-electron chi connectivity index (χ2n) is 6.01. The third-order valence-electron chi connectivity index (χ3n) is 4.15. The molecule has 0 aliphatic heterocycles. The molecular formula is C16H22N4OS2. The van der Waals surface area contributed by atoms with Crippen molar-refractivity contribution in [3.8, 4) is 0 Å². The van der Waals surface area contributed by atoms with E-state index in [1.54, 1.807) is 11.3 Å². The smallest absolute Gasteiger partial charge is 0.230 e. The maximum atomic E-state index is 12.0. The Kier molecular flexibility index (Phi) is 5.72. The molecule has 0 saturated heterocycles. The topological polar surface area (TPSA) is 70.7 Å². The molecule has 1 aliphatic carbocycles. The van der Waals surface area contributed by atoms with Gasteiger partial charge in [0.2, 0.25) is 11.1 Å². The molecule has 2 heterocycles. The molecule has 1 atom stereocenters. The van der Waals surface area contributed by atoms with Crippen LogP contribution in [0, 0.1) is 5.92 Å². The van der Waals surface area contributed by atoms with Gasteiger partial charge in [0.25, 0.3) is 0 Å². The quantitative estimate of drug-likeness (QED) is 0.749. The predicted molar refractivity (Wildman–Crippen MR) is 93.6 cm³/mol. The van der Waals surface area contributed by atoms with Crippen LogP contribution in [0.3, 0.4) is 0 Å². The molecule has 0 spiro atoms. The van der Waals surface area contributed by atoms with Crippen molar-refractivity contribution in [2.24, 2.45) is 5.92 Å². The van der Waals surface area contributed by atoms with Crippen LogP contribution in [0.4, 0.5) is 0 Å². The number of rotatable bonds is 7. The predicted octanol–water partition coefficient (Wildman–Crippen LogP) is 3.57. The zero-order valence-corrected chi connectivity index (χ0v) is 14.9. The molecule has 5 nitrogen and oxygen atoms in total. The molecule has 2 N–H and O–H groups in total. The fourth-order valence-electron chi connectivity index (χ4n) is 2.94. The van der Waals surface area contributed by atoms with Crippen molar-refractivity contribution in [2.75, 3.05) is 5.75 Å². The number of thioether (sulfide) groups is 1. The van der Waals surface area contributed by atoms with Gasteiger partial charge in [-0.3, -0.25) is 9.89 Å². The average molecular weight is 351 g/mol. The summed E-state index contributed by atoms with van der Waals surface area (Å²) in [6, 6.07) is 4.08. The fraction of sp³-hybridized carbons (Fsp3) is 0.562. The minimum atomic E-state index is 0.0121. The lowest BCUT2D eigenvalue weighted by atomic mass is 10.0. The van der Waals surface area contributed by atoms with Gasteiger partial charge in [0.05, 0.1) is 11.8 Å². The molecule has 2 aromatic rings. The van der Waals surface area contributed by atoms with Crippen LogP contribution in [0.15, 0.2) is 22.7 Å². The van der Waals surface area contributed by atoms with E-state index in [0.29, 0.717) is 10.9 Å². The number of thiophene rings is 1. The minimum Gasteiger partial charge on any atom is -0.348 e. The van der Waals surface area contributed by atoms with E-state index in [2.05, 4.69) is 20.5 Å². The maximum Gasteiger partial charge on any atom is 0.230 e. The molecule has 124 valence electrons. The van der Waals surface area contributed by atoms with Crippen molar-refractivity contribution in [1.82, 2.24) is 20.5 Å². The Hall–Kier alpha value is -1.34. The number of amides is 1. The molecule has 1 amide bonds. The standard InChI is InChI=1S/C16H22N4OS2/c1-11(13-7-4-8-22-13)17-15(21)10-23-16-18-14(19-20-16)9-12-5-2-3-6-12/h4,7-8,11-12H,2-3,5-6,9-10H2,1H3,(H,17,21)(H,18,19,20). The number of aromatic amines is 1. The Morgan fingerprint density at radius 3 is 3.09 bits per heavy atom. The maximum absolute atomic E-state index is 12.0. The minimum absolute atomic E-state index is 0.0121. The highest BCUT2D eigenvalue weighted by Crippen LogP contribution is 2.27. The first-order valence-electron chi connectivity index (χ1n) is 8.07. The molecule has 0 aromatic carbocycles. The van der Waals surface area contributed by atoms with E-state index in [1.807, 2.05) is 24.4 Å². The van der Waals surface area contributed by atoms with Crippen molar-refractivity contribution < 1.29 is 4.79 Å². The monoisotopic (exact) mass is 350 g/mol. The van der Waals surface area contributed by atoms with Crippen LogP contribution in [-0.2, 0) is 11.2 Å². The second-order valence-corrected chi connectivity index (χ2v) is 7.93. The lowest BCUT2D eigenvalue weighted by molar-refractivity contribution is -0.119. The summed E-state index contributed by atoms with van der Waals surface area (Å²) >= 11 is 3.04. The average Bonchev–Trinajstić information content (AvgIpc) is 3.28. The highest BCUT2D eigenvalue weighted by Gasteiger charge is 2.18. The van der Waals surface area contributed by atoms with Gasteiger partial charge in [-0.1, -0.05) is 43.5 Å². The van der Waals surface area contributed by atoms with Gasteiger partial charge in [0.15, 0.2) is 0 Å². The Morgan fingerprint density at radius 2 is 2.35 bits per heavy atom. The van der Waals surface area contributed by atoms with Crippen LogP contribution >= 0.6 is 23.1 Å². The summed E-state index contributed by atoms with van der Waals surface area (Å²) < 4.78 is 0. The fourth-order valence-corrected chi connectivity index (χ4v) is 4.31. The van der Waals surface area contributed by atoms with Crippen LogP contribution in [0.2, 0.25) is 0 Å². The van der Waals surface area contributed by atoms with Gasteiger partial charge in [-0.05, 0) is 24.3 Å². The Morgan fingerprint density at radius 1 is 1.52 bits per heavy atom. The van der Waals surface area contributed by atoms with Crippen molar-refractivity contribution in [3.05, 3.63) is 28.2 Å². The summed E-state index contributed by atoms with van der Waals surface area (Å²) in [7, 11) is 0. The molecular weight excluding hydrogens is 328 g/mol. The number of aromatic nitrogens is 3. The van der Waals surface area contributed by atoms with Gasteiger partial charge in [-0.15, -0.1) is 16.4 Å². The van der Waals surface area contributed by atoms with Crippen LogP contribution in [0.1, 0.15) is 49.4 Å². The van der Waals surface area contributed by atoms with Crippen molar-refractivity contribution in [2.45, 2.75) is 50.2 Å². The number of nitrogens with zero attached hydrogens (tertiary/aromatic N) is 2. The third kappa shape index (κ3) is 4.81. The zero-order chi connectivity index (χ0) is 16.1. The van der Waals surface area contributed by atoms with Gasteiger partial charge in [0, 0.05) is 11.3 Å². The Bertz CT molecular complexity index is 620. The number of hydrogen-bond donors (Lipinski definition) is 2. The lowest BCUT2D eigenvalue weighted by Crippen LogP contribution is -2.27. The molecule has 23 heavy (non-hydrogen) atoms. The summed E-state index contributed by atoms with van der Waals surface area (Å²) in [5.41, 5.74) is 0. The van der Waals surface area contributed by atoms with E-state index in [9.17, 15) is 4.79 Å². The van der Waals surface area contributed by atoms with Gasteiger partial charge in [-0.25, -0.2) is 4.98 Å². The molecule has 1 aliphatic rings. The highest BCUT2D eigenvalue weighted by molar-refractivity contribution is 7.99. The van der Waals surface area contributed by atoms with E-state index < -0.39 is 0 Å². The van der Waals surface area contributed by atoms with Crippen LogP contribution < -0.4 is 5.32 Å². The first-order chi connectivity index (χ1) is 11.2. The largest absolute Gasteiger partial charge is 0.348 e. The Balaban J connectivity index is 1.42. The van der Waals surface area contributed by atoms with Gasteiger partial charge in [-0.2, -0.15) is 0 Å². The van der Waals surface area contributed by atoms with Crippen molar-refractivity contribution in [1.29, 1.82) is 0 Å². The lowest BCUT2D eigenvalue weighted by Gasteiger charge is -2.11. The van der Waals surface area contributed by atoms with E-state index >= 15 is 0 Å². The number of H-pyrrole nitrogens is 1. The van der Waals surface area contributed by atoms with E-state index in [4.69, 9.17) is 0 Å². The molecule has 3 rings (SSSR count). The molecule has 0 bridgehead atoms. The van der Waals surface area contributed by atoms with Crippen molar-refractivity contribution >= 4 is 29.0 Å². The molecule has 1 saturated carbocycles. The van der Waals surface area contributed by atoms with E-state index in [1.165, 1.54) is 42.3 Å². The molecule has 1 unspecified atom stereocenters. The third-order valence-corrected chi connectivity index (χ3v) is 6.05. The SMILES string of the molecule is CC(NC(=O)CSc1n[nH]c(CC2CCCC2)n1)c1cccs1. The van der Waals surface area contributed by atoms with Crippen LogP contribution in [0.5, 0.6) is 0 Å².